The van der Waals surface area contributed by atoms with E-state index in [9.17, 15) is 10.1 Å². The number of hydrogen-bond donors (Lipinski definition) is 6. The molecule has 0 aromatic heterocycles. The van der Waals surface area contributed by atoms with Crippen LogP contribution in [-0.4, -0.2) is 53.2 Å². The van der Waals surface area contributed by atoms with E-state index in [2.05, 4.69) is 10.6 Å². The first kappa shape index (κ1) is 17.0. The molecule has 0 fully saturated rings. The van der Waals surface area contributed by atoms with Crippen LogP contribution in [0.3, 0.4) is 0 Å². The molecule has 0 saturated heterocycles. The molecule has 0 radical (unpaired) electrons. The second-order valence-corrected chi connectivity index (χ2v) is 4.24. The third-order valence-electron chi connectivity index (χ3n) is 2.84. The van der Waals surface area contributed by atoms with Crippen molar-refractivity contribution in [3.63, 3.8) is 0 Å². The first-order chi connectivity index (χ1) is 10.1. The highest BCUT2D eigenvalue weighted by atomic mass is 16.6. The Bertz CT molecular complexity index is 495. The van der Waals surface area contributed by atoms with Gasteiger partial charge < -0.3 is 31.7 Å². The fourth-order valence-electron chi connectivity index (χ4n) is 1.98. The molecule has 21 heavy (non-hydrogen) atoms. The van der Waals surface area contributed by atoms with Gasteiger partial charge in [0.25, 0.3) is 5.69 Å². The molecule has 118 valence electrons. The van der Waals surface area contributed by atoms with Crippen LogP contribution in [-0.2, 0) is 6.42 Å². The summed E-state index contributed by atoms with van der Waals surface area (Å²) in [5.74, 6) is 0. The zero-order valence-electron chi connectivity index (χ0n) is 11.5. The van der Waals surface area contributed by atoms with Crippen LogP contribution in [0, 0.1) is 10.1 Å². The van der Waals surface area contributed by atoms with Crippen molar-refractivity contribution < 1.29 is 20.2 Å². The van der Waals surface area contributed by atoms with Gasteiger partial charge in [0.15, 0.2) is 0 Å². The second-order valence-electron chi connectivity index (χ2n) is 4.24. The van der Waals surface area contributed by atoms with Crippen molar-refractivity contribution in [1.29, 1.82) is 0 Å². The number of benzene rings is 1. The normalized spacial score (nSPS) is 10.4. The summed E-state index contributed by atoms with van der Waals surface area (Å²) in [6.07, 6.45) is 0.0323. The Morgan fingerprint density at radius 1 is 1.10 bits per heavy atom. The SMILES string of the molecule is Nc1c(NCCO)cc(NCCO)c([N+](=O)[O-])c1CCO. The van der Waals surface area contributed by atoms with E-state index in [4.69, 9.17) is 21.1 Å². The topological polar surface area (TPSA) is 154 Å². The van der Waals surface area contributed by atoms with E-state index in [1.54, 1.807) is 0 Å². The Labute approximate surface area is 121 Å². The van der Waals surface area contributed by atoms with Crippen molar-refractivity contribution in [2.24, 2.45) is 0 Å². The van der Waals surface area contributed by atoms with Crippen molar-refractivity contribution >= 4 is 22.7 Å². The molecule has 0 heterocycles. The van der Waals surface area contributed by atoms with Gasteiger partial charge in [0.1, 0.15) is 5.69 Å². The maximum atomic E-state index is 11.3. The first-order valence-corrected chi connectivity index (χ1v) is 6.46. The summed E-state index contributed by atoms with van der Waals surface area (Å²) in [6.45, 7) is -0.210. The standard InChI is InChI=1S/C12H20N4O5/c13-11-8(1-4-17)12(16(20)21)10(15-3-6-19)7-9(11)14-2-5-18/h7,14-15,17-19H,1-6,13H2. The Balaban J connectivity index is 3.36. The quantitative estimate of drug-likeness (QED) is 0.203. The Kier molecular flexibility index (Phi) is 6.66. The third kappa shape index (κ3) is 4.18. The number of nitrogens with one attached hydrogen (secondary N) is 2. The molecule has 1 aromatic carbocycles. The fraction of sp³-hybridized carbons (Fsp3) is 0.500. The van der Waals surface area contributed by atoms with E-state index >= 15 is 0 Å². The lowest BCUT2D eigenvalue weighted by molar-refractivity contribution is -0.384. The molecule has 0 spiro atoms. The first-order valence-electron chi connectivity index (χ1n) is 6.46. The van der Waals surface area contributed by atoms with E-state index in [-0.39, 0.29) is 62.0 Å². The highest BCUT2D eigenvalue weighted by Crippen LogP contribution is 2.38. The van der Waals surface area contributed by atoms with Crippen LogP contribution in [0.15, 0.2) is 6.07 Å². The molecule has 0 saturated carbocycles. The average molecular weight is 300 g/mol. The van der Waals surface area contributed by atoms with Crippen LogP contribution < -0.4 is 16.4 Å². The highest BCUT2D eigenvalue weighted by molar-refractivity contribution is 5.83. The molecule has 0 aliphatic rings. The summed E-state index contributed by atoms with van der Waals surface area (Å²) in [5, 5.41) is 43.7. The lowest BCUT2D eigenvalue weighted by Gasteiger charge is -2.16. The molecule has 0 atom stereocenters. The van der Waals surface area contributed by atoms with Crippen molar-refractivity contribution in [3.8, 4) is 0 Å². The summed E-state index contributed by atoms with van der Waals surface area (Å²) >= 11 is 0. The lowest BCUT2D eigenvalue weighted by Crippen LogP contribution is -2.14. The molecule has 0 unspecified atom stereocenters. The number of anilines is 3. The summed E-state index contributed by atoms with van der Waals surface area (Å²) < 4.78 is 0. The van der Waals surface area contributed by atoms with Crippen LogP contribution in [0.25, 0.3) is 0 Å². The van der Waals surface area contributed by atoms with Crippen LogP contribution in [0.1, 0.15) is 5.56 Å². The van der Waals surface area contributed by atoms with E-state index in [0.717, 1.165) is 0 Å². The van der Waals surface area contributed by atoms with Gasteiger partial charge in [-0.15, -0.1) is 0 Å². The number of nitro groups is 1. The molecule has 9 nitrogen and oxygen atoms in total. The maximum absolute atomic E-state index is 11.3. The Morgan fingerprint density at radius 2 is 1.67 bits per heavy atom. The van der Waals surface area contributed by atoms with Gasteiger partial charge >= 0.3 is 0 Å². The minimum absolute atomic E-state index is 0.0323. The van der Waals surface area contributed by atoms with Crippen molar-refractivity contribution in [2.75, 3.05) is 49.3 Å². The molecule has 0 bridgehead atoms. The van der Waals surface area contributed by atoms with Crippen LogP contribution in [0.2, 0.25) is 0 Å². The largest absolute Gasteiger partial charge is 0.397 e. The van der Waals surface area contributed by atoms with Gasteiger partial charge in [-0.2, -0.15) is 0 Å². The van der Waals surface area contributed by atoms with Gasteiger partial charge in [-0.25, -0.2) is 0 Å². The zero-order valence-corrected chi connectivity index (χ0v) is 11.5. The number of nitro benzene ring substituents is 1. The fourth-order valence-corrected chi connectivity index (χ4v) is 1.98. The maximum Gasteiger partial charge on any atom is 0.297 e. The monoisotopic (exact) mass is 300 g/mol. The Hall–Kier alpha value is -2.10. The molecular formula is C12H20N4O5. The van der Waals surface area contributed by atoms with Crippen molar-refractivity contribution in [3.05, 3.63) is 21.7 Å². The van der Waals surface area contributed by atoms with E-state index in [1.807, 2.05) is 0 Å². The van der Waals surface area contributed by atoms with Crippen LogP contribution in [0.4, 0.5) is 22.7 Å². The number of hydrogen-bond acceptors (Lipinski definition) is 8. The van der Waals surface area contributed by atoms with Crippen LogP contribution >= 0.6 is 0 Å². The number of aliphatic hydroxyl groups is 3. The lowest BCUT2D eigenvalue weighted by atomic mass is 10.0. The molecule has 9 heteroatoms. The summed E-state index contributed by atoms with van der Waals surface area (Å²) in [4.78, 5) is 10.7. The second kappa shape index (κ2) is 8.25. The summed E-state index contributed by atoms with van der Waals surface area (Å²) in [7, 11) is 0. The molecule has 7 N–H and O–H groups in total. The van der Waals surface area contributed by atoms with Crippen molar-refractivity contribution in [2.45, 2.75) is 6.42 Å². The van der Waals surface area contributed by atoms with Gasteiger partial charge in [0, 0.05) is 26.1 Å². The number of aliphatic hydroxyl groups excluding tert-OH is 3. The summed E-state index contributed by atoms with van der Waals surface area (Å²) in [5.41, 5.74) is 6.70. The van der Waals surface area contributed by atoms with E-state index < -0.39 is 4.92 Å². The number of nitrogens with zero attached hydrogens (tertiary/aromatic N) is 1. The van der Waals surface area contributed by atoms with E-state index in [0.29, 0.717) is 5.69 Å². The molecule has 1 aromatic rings. The number of rotatable bonds is 9. The summed E-state index contributed by atoms with van der Waals surface area (Å²) in [6, 6.07) is 1.46. The van der Waals surface area contributed by atoms with Crippen LogP contribution in [0.5, 0.6) is 0 Å². The Morgan fingerprint density at radius 3 is 2.14 bits per heavy atom. The molecule has 0 aliphatic heterocycles. The zero-order chi connectivity index (χ0) is 15.8. The van der Waals surface area contributed by atoms with Crippen molar-refractivity contribution in [1.82, 2.24) is 0 Å². The van der Waals surface area contributed by atoms with Gasteiger partial charge in [0.05, 0.1) is 35.1 Å². The minimum Gasteiger partial charge on any atom is -0.397 e. The number of nitrogen functional groups attached to an aromatic ring is 1. The predicted octanol–water partition coefficient (Wildman–Crippen LogP) is -0.480. The molecular weight excluding hydrogens is 280 g/mol. The molecule has 0 aliphatic carbocycles. The van der Waals surface area contributed by atoms with Gasteiger partial charge in [0.2, 0.25) is 0 Å². The van der Waals surface area contributed by atoms with Gasteiger partial charge in [-0.1, -0.05) is 0 Å². The van der Waals surface area contributed by atoms with Gasteiger partial charge in [-0.3, -0.25) is 10.1 Å². The molecule has 1 rings (SSSR count). The predicted molar refractivity (Wildman–Crippen MR) is 79.4 cm³/mol. The minimum atomic E-state index is -0.573. The highest BCUT2D eigenvalue weighted by Gasteiger charge is 2.24. The average Bonchev–Trinajstić information content (AvgIpc) is 2.46. The number of nitrogens with two attached hydrogens (primary N) is 1. The third-order valence-corrected chi connectivity index (χ3v) is 2.84. The smallest absolute Gasteiger partial charge is 0.297 e. The van der Waals surface area contributed by atoms with E-state index in [1.165, 1.54) is 6.07 Å². The molecule has 0 amide bonds. The van der Waals surface area contributed by atoms with Gasteiger partial charge in [-0.05, 0) is 6.07 Å².